The van der Waals surface area contributed by atoms with Gasteiger partial charge in [-0.15, -0.1) is 0 Å². The maximum Gasteiger partial charge on any atom is 0.239 e. The van der Waals surface area contributed by atoms with E-state index in [1.165, 1.54) is 7.11 Å². The van der Waals surface area contributed by atoms with E-state index in [0.29, 0.717) is 11.0 Å². The molecule has 0 saturated carbocycles. The molecular formula is C7H13BrN2O2. The molecule has 4 nitrogen and oxygen atoms in total. The van der Waals surface area contributed by atoms with E-state index in [1.807, 2.05) is 0 Å². The lowest BCUT2D eigenvalue weighted by Gasteiger charge is -2.10. The van der Waals surface area contributed by atoms with Crippen LogP contribution in [-0.2, 0) is 9.53 Å². The van der Waals surface area contributed by atoms with Crippen LogP contribution in [0.2, 0.25) is 0 Å². The van der Waals surface area contributed by atoms with Crippen LogP contribution in [0.15, 0.2) is 11.1 Å². The maximum absolute atomic E-state index is 11.1. The molecule has 0 aliphatic rings. The Bertz CT molecular complexity index is 173. The zero-order valence-electron chi connectivity index (χ0n) is 6.97. The van der Waals surface area contributed by atoms with E-state index in [1.54, 1.807) is 0 Å². The van der Waals surface area contributed by atoms with Gasteiger partial charge < -0.3 is 15.8 Å². The van der Waals surface area contributed by atoms with Crippen LogP contribution in [0.1, 0.15) is 0 Å². The first-order valence-corrected chi connectivity index (χ1v) is 4.22. The number of nitrogens with two attached hydrogens (primary N) is 1. The van der Waals surface area contributed by atoms with Gasteiger partial charge in [0.05, 0.1) is 6.61 Å². The molecule has 0 aromatic carbocycles. The second-order valence-corrected chi connectivity index (χ2v) is 3.42. The number of carbonyl (C=O) groups excluding carboxylic acids is 1. The van der Waals surface area contributed by atoms with Gasteiger partial charge >= 0.3 is 0 Å². The Kier molecular flexibility index (Phi) is 5.96. The molecule has 1 atom stereocenters. The fourth-order valence-electron chi connectivity index (χ4n) is 0.569. The smallest absolute Gasteiger partial charge is 0.239 e. The van der Waals surface area contributed by atoms with Gasteiger partial charge in [-0.1, -0.05) is 22.5 Å². The number of ether oxygens (including phenoxy) is 1. The Morgan fingerprint density at radius 2 is 2.42 bits per heavy atom. The summed E-state index contributed by atoms with van der Waals surface area (Å²) in [6.45, 7) is 4.17. The Hall–Kier alpha value is -0.390. The van der Waals surface area contributed by atoms with Crippen molar-refractivity contribution >= 4 is 21.8 Å². The highest BCUT2D eigenvalue weighted by atomic mass is 79.9. The summed E-state index contributed by atoms with van der Waals surface area (Å²) in [6.07, 6.45) is 0. The molecule has 0 aromatic heterocycles. The summed E-state index contributed by atoms with van der Waals surface area (Å²) < 4.78 is 5.42. The first-order chi connectivity index (χ1) is 5.57. The van der Waals surface area contributed by atoms with Crippen LogP contribution in [0.3, 0.4) is 0 Å². The summed E-state index contributed by atoms with van der Waals surface area (Å²) in [6, 6.07) is -0.609. The van der Waals surface area contributed by atoms with E-state index >= 15 is 0 Å². The van der Waals surface area contributed by atoms with Crippen molar-refractivity contribution in [3.05, 3.63) is 11.1 Å². The third-order valence-electron chi connectivity index (χ3n) is 1.14. The Labute approximate surface area is 80.3 Å². The van der Waals surface area contributed by atoms with E-state index in [9.17, 15) is 4.79 Å². The molecule has 0 saturated heterocycles. The third kappa shape index (κ3) is 5.29. The minimum atomic E-state index is -0.609. The zero-order valence-corrected chi connectivity index (χ0v) is 8.56. The molecule has 5 heteroatoms. The monoisotopic (exact) mass is 236 g/mol. The number of rotatable bonds is 5. The first kappa shape index (κ1) is 11.6. The van der Waals surface area contributed by atoms with Crippen LogP contribution in [0.4, 0.5) is 0 Å². The van der Waals surface area contributed by atoms with Crippen LogP contribution in [0.25, 0.3) is 0 Å². The quantitative estimate of drug-likeness (QED) is 0.706. The van der Waals surface area contributed by atoms with Gasteiger partial charge in [-0.25, -0.2) is 0 Å². The summed E-state index contributed by atoms with van der Waals surface area (Å²) >= 11 is 3.11. The predicted octanol–water partition coefficient (Wildman–Crippen LogP) is -0.0151. The van der Waals surface area contributed by atoms with Gasteiger partial charge in [0.15, 0.2) is 0 Å². The molecule has 0 rings (SSSR count). The third-order valence-corrected chi connectivity index (χ3v) is 1.42. The topological polar surface area (TPSA) is 64.4 Å². The largest absolute Gasteiger partial charge is 0.383 e. The van der Waals surface area contributed by atoms with Gasteiger partial charge in [-0.3, -0.25) is 4.79 Å². The van der Waals surface area contributed by atoms with Crippen LogP contribution in [0, 0.1) is 0 Å². The van der Waals surface area contributed by atoms with Crippen LogP contribution < -0.4 is 11.1 Å². The van der Waals surface area contributed by atoms with Crippen molar-refractivity contribution in [2.24, 2.45) is 5.73 Å². The molecule has 0 aromatic rings. The molecule has 0 spiro atoms. The number of hydrogen-bond acceptors (Lipinski definition) is 3. The number of halogens is 1. The zero-order chi connectivity index (χ0) is 9.56. The van der Waals surface area contributed by atoms with Gasteiger partial charge in [0.1, 0.15) is 6.04 Å². The van der Waals surface area contributed by atoms with Crippen LogP contribution in [-0.4, -0.2) is 32.2 Å². The highest BCUT2D eigenvalue weighted by molar-refractivity contribution is 9.11. The molecule has 3 N–H and O–H groups in total. The van der Waals surface area contributed by atoms with E-state index in [2.05, 4.69) is 27.8 Å². The molecule has 0 bridgehead atoms. The highest BCUT2D eigenvalue weighted by Gasteiger charge is 2.11. The summed E-state index contributed by atoms with van der Waals surface area (Å²) in [5.41, 5.74) is 5.43. The highest BCUT2D eigenvalue weighted by Crippen LogP contribution is 1.96. The van der Waals surface area contributed by atoms with E-state index < -0.39 is 6.04 Å². The van der Waals surface area contributed by atoms with Gasteiger partial charge in [0, 0.05) is 18.1 Å². The summed E-state index contributed by atoms with van der Waals surface area (Å²) in [5, 5.41) is 2.58. The molecule has 0 aliphatic carbocycles. The number of carbonyl (C=O) groups is 1. The minimum absolute atomic E-state index is 0.223. The second-order valence-electron chi connectivity index (χ2n) is 2.30. The molecule has 1 unspecified atom stereocenters. The normalized spacial score (nSPS) is 12.2. The number of nitrogens with one attached hydrogen (secondary N) is 1. The average molecular weight is 237 g/mol. The van der Waals surface area contributed by atoms with Crippen LogP contribution in [0.5, 0.6) is 0 Å². The maximum atomic E-state index is 11.1. The van der Waals surface area contributed by atoms with Crippen molar-refractivity contribution in [3.8, 4) is 0 Å². The molecule has 0 fully saturated rings. The van der Waals surface area contributed by atoms with Crippen molar-refractivity contribution in [1.29, 1.82) is 0 Å². The van der Waals surface area contributed by atoms with E-state index in [4.69, 9.17) is 10.5 Å². The molecule has 70 valence electrons. The lowest BCUT2D eigenvalue weighted by molar-refractivity contribution is -0.123. The Morgan fingerprint density at radius 1 is 1.83 bits per heavy atom. The Morgan fingerprint density at radius 3 is 2.83 bits per heavy atom. The van der Waals surface area contributed by atoms with Gasteiger partial charge in [0.25, 0.3) is 0 Å². The van der Waals surface area contributed by atoms with Crippen molar-refractivity contribution in [3.63, 3.8) is 0 Å². The van der Waals surface area contributed by atoms with Crippen molar-refractivity contribution in [2.75, 3.05) is 20.3 Å². The lowest BCUT2D eigenvalue weighted by atomic mass is 10.3. The van der Waals surface area contributed by atoms with Gasteiger partial charge in [0.2, 0.25) is 5.91 Å². The van der Waals surface area contributed by atoms with Gasteiger partial charge in [-0.05, 0) is 0 Å². The first-order valence-electron chi connectivity index (χ1n) is 3.43. The van der Waals surface area contributed by atoms with Crippen molar-refractivity contribution in [2.45, 2.75) is 6.04 Å². The summed E-state index contributed by atoms with van der Waals surface area (Å²) in [5.74, 6) is -0.238. The molecule has 1 amide bonds. The van der Waals surface area contributed by atoms with E-state index in [0.717, 1.165) is 0 Å². The SMILES string of the molecule is C=C(Br)CNC(=O)C(N)COC. The number of methoxy groups -OCH3 is 1. The fraction of sp³-hybridized carbons (Fsp3) is 0.571. The van der Waals surface area contributed by atoms with Gasteiger partial charge in [-0.2, -0.15) is 0 Å². The predicted molar refractivity (Wildman–Crippen MR) is 50.9 cm³/mol. The lowest BCUT2D eigenvalue weighted by Crippen LogP contribution is -2.43. The van der Waals surface area contributed by atoms with Crippen molar-refractivity contribution in [1.82, 2.24) is 5.32 Å². The molecule has 0 heterocycles. The van der Waals surface area contributed by atoms with E-state index in [-0.39, 0.29) is 12.5 Å². The fourth-order valence-corrected chi connectivity index (χ4v) is 0.710. The van der Waals surface area contributed by atoms with Crippen LogP contribution >= 0.6 is 15.9 Å². The number of amides is 1. The molecular weight excluding hydrogens is 224 g/mol. The summed E-state index contributed by atoms with van der Waals surface area (Å²) in [7, 11) is 1.50. The Balaban J connectivity index is 3.64. The summed E-state index contributed by atoms with van der Waals surface area (Å²) in [4.78, 5) is 11.1. The molecule has 0 radical (unpaired) electrons. The average Bonchev–Trinajstić information content (AvgIpc) is 2.00. The van der Waals surface area contributed by atoms with Crippen molar-refractivity contribution < 1.29 is 9.53 Å². The molecule has 12 heavy (non-hydrogen) atoms. The number of hydrogen-bond donors (Lipinski definition) is 2. The molecule has 0 aliphatic heterocycles. The second kappa shape index (κ2) is 6.16. The standard InChI is InChI=1S/C7H13BrN2O2/c1-5(8)3-10-7(11)6(9)4-12-2/h6H,1,3-4,9H2,2H3,(H,10,11). The minimum Gasteiger partial charge on any atom is -0.383 e.